The first kappa shape index (κ1) is 15.7. The van der Waals surface area contributed by atoms with Gasteiger partial charge in [0.2, 0.25) is 5.91 Å². The van der Waals surface area contributed by atoms with Crippen LogP contribution in [0.25, 0.3) is 0 Å². The third-order valence-corrected chi connectivity index (χ3v) is 3.74. The third kappa shape index (κ3) is 5.42. The molecule has 0 aliphatic heterocycles. The average Bonchev–Trinajstić information content (AvgIpc) is 2.38. The van der Waals surface area contributed by atoms with E-state index in [0.717, 1.165) is 28.5 Å². The van der Waals surface area contributed by atoms with Crippen molar-refractivity contribution in [2.24, 2.45) is 0 Å². The summed E-state index contributed by atoms with van der Waals surface area (Å²) >= 11 is 1.67. The van der Waals surface area contributed by atoms with E-state index in [4.69, 9.17) is 10.5 Å². The number of carbonyl (C=O) groups excluding carboxylic acids is 1. The fraction of sp³-hybridized carbons (Fsp3) is 0.500. The van der Waals surface area contributed by atoms with E-state index in [-0.39, 0.29) is 5.91 Å². The molecule has 0 unspecified atom stereocenters. The number of ether oxygens (including phenoxy) is 1. The van der Waals surface area contributed by atoms with Gasteiger partial charge < -0.3 is 15.4 Å². The first-order chi connectivity index (χ1) is 9.04. The average molecular weight is 282 g/mol. The lowest BCUT2D eigenvalue weighted by Gasteiger charge is -2.11. The molecule has 1 aromatic rings. The quantitative estimate of drug-likeness (QED) is 0.474. The first-order valence-electron chi connectivity index (χ1n) is 6.40. The molecule has 0 aliphatic carbocycles. The molecule has 106 valence electrons. The molecule has 5 heteroatoms. The van der Waals surface area contributed by atoms with Crippen molar-refractivity contribution in [3.05, 3.63) is 18.2 Å². The van der Waals surface area contributed by atoms with E-state index in [1.54, 1.807) is 30.8 Å². The van der Waals surface area contributed by atoms with Crippen molar-refractivity contribution in [2.75, 3.05) is 32.2 Å². The molecule has 0 aromatic heterocycles. The zero-order valence-corrected chi connectivity index (χ0v) is 12.6. The maximum Gasteiger partial charge on any atom is 0.222 e. The van der Waals surface area contributed by atoms with Gasteiger partial charge in [-0.05, 0) is 37.3 Å². The second-order valence-electron chi connectivity index (χ2n) is 4.37. The summed E-state index contributed by atoms with van der Waals surface area (Å²) in [6.07, 6.45) is 1.42. The van der Waals surface area contributed by atoms with Gasteiger partial charge in [-0.25, -0.2) is 0 Å². The summed E-state index contributed by atoms with van der Waals surface area (Å²) in [6, 6.07) is 5.69. The highest BCUT2D eigenvalue weighted by atomic mass is 32.2. The number of thioether (sulfide) groups is 1. The lowest BCUT2D eigenvalue weighted by atomic mass is 10.3. The second kappa shape index (κ2) is 7.94. The van der Waals surface area contributed by atoms with Gasteiger partial charge in [0.15, 0.2) is 0 Å². The highest BCUT2D eigenvalue weighted by Gasteiger charge is 2.06. The van der Waals surface area contributed by atoms with Crippen molar-refractivity contribution in [3.63, 3.8) is 0 Å². The van der Waals surface area contributed by atoms with Crippen LogP contribution in [0.2, 0.25) is 0 Å². The summed E-state index contributed by atoms with van der Waals surface area (Å²) in [4.78, 5) is 14.1. The molecule has 0 saturated heterocycles. The zero-order valence-electron chi connectivity index (χ0n) is 11.8. The summed E-state index contributed by atoms with van der Waals surface area (Å²) in [5.74, 6) is 1.87. The van der Waals surface area contributed by atoms with Crippen molar-refractivity contribution >= 4 is 23.4 Å². The summed E-state index contributed by atoms with van der Waals surface area (Å²) in [6.45, 7) is 2.60. The van der Waals surface area contributed by atoms with Gasteiger partial charge in [-0.15, -0.1) is 11.8 Å². The number of hydrogen-bond acceptors (Lipinski definition) is 4. The molecule has 0 atom stereocenters. The number of nitrogen functional groups attached to an aromatic ring is 1. The Kier molecular flexibility index (Phi) is 6.56. The molecule has 0 aliphatic rings. The maximum absolute atomic E-state index is 11.4. The molecule has 1 rings (SSSR count). The molecule has 0 saturated carbocycles. The number of rotatable bonds is 7. The summed E-state index contributed by atoms with van der Waals surface area (Å²) in [7, 11) is 3.55. The second-order valence-corrected chi connectivity index (χ2v) is 5.51. The van der Waals surface area contributed by atoms with Gasteiger partial charge in [0.25, 0.3) is 0 Å². The van der Waals surface area contributed by atoms with E-state index >= 15 is 0 Å². The number of amides is 1. The zero-order chi connectivity index (χ0) is 14.3. The Morgan fingerprint density at radius 1 is 1.42 bits per heavy atom. The molecule has 0 spiro atoms. The Labute approximate surface area is 119 Å². The molecule has 0 fully saturated rings. The number of hydrogen-bond donors (Lipinski definition) is 1. The summed E-state index contributed by atoms with van der Waals surface area (Å²) < 4.78 is 5.45. The van der Waals surface area contributed by atoms with Crippen LogP contribution >= 0.6 is 11.8 Å². The summed E-state index contributed by atoms with van der Waals surface area (Å²) in [5, 5.41) is 0. The number of anilines is 1. The van der Waals surface area contributed by atoms with E-state index in [0.29, 0.717) is 13.0 Å². The Morgan fingerprint density at radius 3 is 2.79 bits per heavy atom. The third-order valence-electron chi connectivity index (χ3n) is 2.59. The van der Waals surface area contributed by atoms with E-state index in [2.05, 4.69) is 0 Å². The van der Waals surface area contributed by atoms with Crippen molar-refractivity contribution in [3.8, 4) is 5.75 Å². The Morgan fingerprint density at radius 2 is 2.16 bits per heavy atom. The number of benzene rings is 1. The van der Waals surface area contributed by atoms with Gasteiger partial charge >= 0.3 is 0 Å². The lowest BCUT2D eigenvalue weighted by molar-refractivity contribution is -0.128. The van der Waals surface area contributed by atoms with Gasteiger partial charge in [0.05, 0.1) is 6.61 Å². The molecule has 19 heavy (non-hydrogen) atoms. The molecular formula is C14H22N2O2S. The fourth-order valence-corrected chi connectivity index (χ4v) is 2.47. The monoisotopic (exact) mass is 282 g/mol. The van der Waals surface area contributed by atoms with Crippen LogP contribution in [0.4, 0.5) is 5.69 Å². The van der Waals surface area contributed by atoms with Crippen LogP contribution in [-0.4, -0.2) is 37.3 Å². The van der Waals surface area contributed by atoms with Crippen molar-refractivity contribution < 1.29 is 9.53 Å². The highest BCUT2D eigenvalue weighted by Crippen LogP contribution is 2.29. The van der Waals surface area contributed by atoms with Gasteiger partial charge in [-0.2, -0.15) is 0 Å². The van der Waals surface area contributed by atoms with Crippen LogP contribution < -0.4 is 10.5 Å². The fourth-order valence-electron chi connectivity index (χ4n) is 1.53. The molecule has 2 N–H and O–H groups in total. The normalized spacial score (nSPS) is 10.3. The topological polar surface area (TPSA) is 55.6 Å². The molecule has 1 amide bonds. The molecular weight excluding hydrogens is 260 g/mol. The van der Waals surface area contributed by atoms with Gasteiger partial charge in [-0.3, -0.25) is 4.79 Å². The van der Waals surface area contributed by atoms with E-state index in [1.807, 2.05) is 25.1 Å². The summed E-state index contributed by atoms with van der Waals surface area (Å²) in [5.41, 5.74) is 6.68. The number of carbonyl (C=O) groups is 1. The molecule has 0 radical (unpaired) electrons. The van der Waals surface area contributed by atoms with Crippen LogP contribution in [0, 0.1) is 0 Å². The van der Waals surface area contributed by atoms with Crippen molar-refractivity contribution in [2.45, 2.75) is 24.7 Å². The van der Waals surface area contributed by atoms with Gasteiger partial charge in [0, 0.05) is 31.1 Å². The van der Waals surface area contributed by atoms with Gasteiger partial charge in [0.1, 0.15) is 5.75 Å². The first-order valence-corrected chi connectivity index (χ1v) is 7.38. The van der Waals surface area contributed by atoms with Crippen LogP contribution in [-0.2, 0) is 4.79 Å². The minimum atomic E-state index is 0.164. The predicted octanol–water partition coefficient (Wildman–Crippen LogP) is 2.63. The Bertz CT molecular complexity index is 422. The van der Waals surface area contributed by atoms with Gasteiger partial charge in [-0.1, -0.05) is 0 Å². The number of nitrogens with zero attached hydrogens (tertiary/aromatic N) is 1. The Hall–Kier alpha value is -1.36. The lowest BCUT2D eigenvalue weighted by Crippen LogP contribution is -2.21. The smallest absolute Gasteiger partial charge is 0.222 e. The van der Waals surface area contributed by atoms with Crippen LogP contribution in [0.15, 0.2) is 23.1 Å². The van der Waals surface area contributed by atoms with E-state index in [1.165, 1.54) is 0 Å². The standard InChI is InChI=1S/C14H22N2O2S/c1-4-18-11-7-8-12(15)13(10-11)19-9-5-6-14(17)16(2)3/h7-8,10H,4-6,9,15H2,1-3H3. The molecule has 0 bridgehead atoms. The minimum absolute atomic E-state index is 0.164. The SMILES string of the molecule is CCOc1ccc(N)c(SCCCC(=O)N(C)C)c1. The predicted molar refractivity (Wildman–Crippen MR) is 80.7 cm³/mol. The molecule has 4 nitrogen and oxygen atoms in total. The van der Waals surface area contributed by atoms with Crippen LogP contribution in [0.3, 0.4) is 0 Å². The maximum atomic E-state index is 11.4. The highest BCUT2D eigenvalue weighted by molar-refractivity contribution is 7.99. The minimum Gasteiger partial charge on any atom is -0.494 e. The van der Waals surface area contributed by atoms with Crippen LogP contribution in [0.1, 0.15) is 19.8 Å². The number of nitrogens with two attached hydrogens (primary N) is 1. The molecule has 1 aromatic carbocycles. The van der Waals surface area contributed by atoms with E-state index < -0.39 is 0 Å². The largest absolute Gasteiger partial charge is 0.494 e. The molecule has 0 heterocycles. The van der Waals surface area contributed by atoms with Crippen molar-refractivity contribution in [1.29, 1.82) is 0 Å². The Balaban J connectivity index is 2.44. The van der Waals surface area contributed by atoms with Crippen LogP contribution in [0.5, 0.6) is 5.75 Å². The van der Waals surface area contributed by atoms with Crippen molar-refractivity contribution in [1.82, 2.24) is 4.90 Å². The van der Waals surface area contributed by atoms with E-state index in [9.17, 15) is 4.79 Å².